The predicted molar refractivity (Wildman–Crippen MR) is 55.1 cm³/mol. The predicted octanol–water partition coefficient (Wildman–Crippen LogP) is 3.96. The van der Waals surface area contributed by atoms with Crippen LogP contribution in [0.2, 0.25) is 0 Å². The maximum atomic E-state index is 2.45. The molecule has 0 spiro atoms. The van der Waals surface area contributed by atoms with Crippen molar-refractivity contribution in [2.45, 2.75) is 47.5 Å². The smallest absolute Gasteiger partial charge is 0.0329 e. The summed E-state index contributed by atoms with van der Waals surface area (Å²) >= 11 is 0. The maximum absolute atomic E-state index is 2.45. The van der Waals surface area contributed by atoms with Gasteiger partial charge >= 0.3 is 0 Å². The zero-order chi connectivity index (χ0) is 9.30. The fourth-order valence-corrected chi connectivity index (χ4v) is 3.47. The van der Waals surface area contributed by atoms with Crippen LogP contribution in [0.4, 0.5) is 0 Å². The Balaban J connectivity index is 2.57. The van der Waals surface area contributed by atoms with Crippen LogP contribution in [-0.2, 0) is 0 Å². The van der Waals surface area contributed by atoms with E-state index in [9.17, 15) is 0 Å². The van der Waals surface area contributed by atoms with Gasteiger partial charge < -0.3 is 0 Å². The number of hydrogen-bond donors (Lipinski definition) is 0. The quantitative estimate of drug-likeness (QED) is 0.598. The minimum absolute atomic E-state index is 0.899. The Labute approximate surface area is 77.7 Å². The maximum Gasteiger partial charge on any atom is -0.0329 e. The molecule has 0 heteroatoms. The molecule has 0 aromatic heterocycles. The molecule has 0 aromatic carbocycles. The lowest BCUT2D eigenvalue weighted by Gasteiger charge is -2.53. The van der Waals surface area contributed by atoms with Crippen LogP contribution in [0, 0.1) is 29.6 Å². The van der Waals surface area contributed by atoms with Crippen molar-refractivity contribution in [3.63, 3.8) is 0 Å². The van der Waals surface area contributed by atoms with Gasteiger partial charge in [-0.05, 0) is 29.6 Å². The highest BCUT2D eigenvalue weighted by molar-refractivity contribution is 4.94. The second-order valence-corrected chi connectivity index (χ2v) is 4.82. The first kappa shape index (κ1) is 10.1. The average Bonchev–Trinajstić information content (AvgIpc) is 2.01. The molecular formula is C12H24. The Morgan fingerprint density at radius 3 is 1.67 bits per heavy atom. The first-order valence-corrected chi connectivity index (χ1v) is 5.63. The van der Waals surface area contributed by atoms with E-state index in [0.717, 1.165) is 29.6 Å². The topological polar surface area (TPSA) is 0 Å². The van der Waals surface area contributed by atoms with E-state index >= 15 is 0 Å². The summed E-state index contributed by atoms with van der Waals surface area (Å²) in [6.07, 6.45) is 2.78. The van der Waals surface area contributed by atoms with Crippen molar-refractivity contribution >= 4 is 0 Å². The van der Waals surface area contributed by atoms with Crippen LogP contribution in [0.3, 0.4) is 0 Å². The van der Waals surface area contributed by atoms with Crippen molar-refractivity contribution in [2.24, 2.45) is 29.6 Å². The molecule has 0 heterocycles. The van der Waals surface area contributed by atoms with E-state index in [1.807, 2.05) is 0 Å². The van der Waals surface area contributed by atoms with Gasteiger partial charge in [0, 0.05) is 0 Å². The van der Waals surface area contributed by atoms with E-state index in [4.69, 9.17) is 0 Å². The van der Waals surface area contributed by atoms with E-state index in [-0.39, 0.29) is 0 Å². The SMILES string of the molecule is CCC1C(C)C(CC)C1C(C)C. The summed E-state index contributed by atoms with van der Waals surface area (Å²) in [6.45, 7) is 11.9. The molecule has 12 heavy (non-hydrogen) atoms. The van der Waals surface area contributed by atoms with Crippen LogP contribution in [0.25, 0.3) is 0 Å². The van der Waals surface area contributed by atoms with Gasteiger partial charge in [-0.1, -0.05) is 47.5 Å². The second kappa shape index (κ2) is 3.81. The molecular weight excluding hydrogens is 144 g/mol. The molecule has 0 aliphatic heterocycles. The minimum Gasteiger partial charge on any atom is -0.0651 e. The molecule has 0 saturated heterocycles. The van der Waals surface area contributed by atoms with Crippen molar-refractivity contribution in [3.05, 3.63) is 0 Å². The summed E-state index contributed by atoms with van der Waals surface area (Å²) in [7, 11) is 0. The van der Waals surface area contributed by atoms with Gasteiger partial charge in [0.25, 0.3) is 0 Å². The van der Waals surface area contributed by atoms with Gasteiger partial charge in [0.05, 0.1) is 0 Å². The number of rotatable bonds is 3. The largest absolute Gasteiger partial charge is 0.0651 e. The second-order valence-electron chi connectivity index (χ2n) is 4.82. The molecule has 0 aromatic rings. The minimum atomic E-state index is 0.899. The van der Waals surface area contributed by atoms with Crippen LogP contribution >= 0.6 is 0 Å². The van der Waals surface area contributed by atoms with Gasteiger partial charge in [0.2, 0.25) is 0 Å². The lowest BCUT2D eigenvalue weighted by Crippen LogP contribution is -2.47. The molecule has 1 fully saturated rings. The molecule has 1 rings (SSSR count). The Morgan fingerprint density at radius 1 is 1.00 bits per heavy atom. The summed E-state index contributed by atoms with van der Waals surface area (Å²) in [6, 6.07) is 0. The Hall–Kier alpha value is 0. The van der Waals surface area contributed by atoms with Crippen molar-refractivity contribution < 1.29 is 0 Å². The normalized spacial score (nSPS) is 41.5. The first-order valence-electron chi connectivity index (χ1n) is 5.63. The van der Waals surface area contributed by atoms with Gasteiger partial charge in [-0.15, -0.1) is 0 Å². The first-order chi connectivity index (χ1) is 5.63. The molecule has 0 radical (unpaired) electrons. The molecule has 0 amide bonds. The van der Waals surface area contributed by atoms with Crippen LogP contribution in [-0.4, -0.2) is 0 Å². The summed E-state index contributed by atoms with van der Waals surface area (Å²) in [5.41, 5.74) is 0. The molecule has 1 saturated carbocycles. The zero-order valence-corrected chi connectivity index (χ0v) is 9.30. The molecule has 1 aliphatic rings. The van der Waals surface area contributed by atoms with Gasteiger partial charge in [0.15, 0.2) is 0 Å². The molecule has 0 nitrogen and oxygen atoms in total. The van der Waals surface area contributed by atoms with Crippen molar-refractivity contribution in [3.8, 4) is 0 Å². The monoisotopic (exact) mass is 168 g/mol. The highest BCUT2D eigenvalue weighted by Crippen LogP contribution is 2.52. The third kappa shape index (κ3) is 1.41. The van der Waals surface area contributed by atoms with Crippen molar-refractivity contribution in [2.75, 3.05) is 0 Å². The molecule has 2 atom stereocenters. The van der Waals surface area contributed by atoms with E-state index in [1.165, 1.54) is 12.8 Å². The molecule has 1 aliphatic carbocycles. The molecule has 0 bridgehead atoms. The third-order valence-electron chi connectivity index (χ3n) is 4.05. The number of hydrogen-bond acceptors (Lipinski definition) is 0. The van der Waals surface area contributed by atoms with Crippen molar-refractivity contribution in [1.29, 1.82) is 0 Å². The Kier molecular flexibility index (Phi) is 3.20. The van der Waals surface area contributed by atoms with Crippen LogP contribution in [0.15, 0.2) is 0 Å². The van der Waals surface area contributed by atoms with Gasteiger partial charge in [-0.3, -0.25) is 0 Å². The third-order valence-corrected chi connectivity index (χ3v) is 4.05. The lowest BCUT2D eigenvalue weighted by molar-refractivity contribution is -0.0453. The van der Waals surface area contributed by atoms with Crippen LogP contribution < -0.4 is 0 Å². The Morgan fingerprint density at radius 2 is 1.42 bits per heavy atom. The van der Waals surface area contributed by atoms with E-state index in [1.54, 1.807) is 0 Å². The fraction of sp³-hybridized carbons (Fsp3) is 1.00. The van der Waals surface area contributed by atoms with E-state index < -0.39 is 0 Å². The highest BCUT2D eigenvalue weighted by atomic mass is 14.5. The van der Waals surface area contributed by atoms with Crippen LogP contribution in [0.5, 0.6) is 0 Å². The average molecular weight is 168 g/mol. The Bertz CT molecular complexity index is 125. The molecule has 2 unspecified atom stereocenters. The van der Waals surface area contributed by atoms with E-state index in [2.05, 4.69) is 34.6 Å². The summed E-state index contributed by atoms with van der Waals surface area (Å²) in [5, 5.41) is 0. The molecule has 0 N–H and O–H groups in total. The fourth-order valence-electron chi connectivity index (χ4n) is 3.47. The highest BCUT2D eigenvalue weighted by Gasteiger charge is 2.46. The summed E-state index contributed by atoms with van der Waals surface area (Å²) < 4.78 is 0. The summed E-state index contributed by atoms with van der Waals surface area (Å²) in [5.74, 6) is 4.96. The van der Waals surface area contributed by atoms with Gasteiger partial charge in [-0.2, -0.15) is 0 Å². The zero-order valence-electron chi connectivity index (χ0n) is 9.30. The van der Waals surface area contributed by atoms with Crippen LogP contribution in [0.1, 0.15) is 47.5 Å². The summed E-state index contributed by atoms with van der Waals surface area (Å²) in [4.78, 5) is 0. The lowest BCUT2D eigenvalue weighted by atomic mass is 9.52. The van der Waals surface area contributed by atoms with E-state index in [0.29, 0.717) is 0 Å². The van der Waals surface area contributed by atoms with Crippen molar-refractivity contribution in [1.82, 2.24) is 0 Å². The van der Waals surface area contributed by atoms with Gasteiger partial charge in [-0.25, -0.2) is 0 Å². The molecule has 72 valence electrons. The van der Waals surface area contributed by atoms with Gasteiger partial charge in [0.1, 0.15) is 0 Å². The standard InChI is InChI=1S/C12H24/c1-6-10-9(5)11(7-2)12(10)8(3)4/h8-12H,6-7H2,1-5H3.